The van der Waals surface area contributed by atoms with Crippen molar-refractivity contribution >= 4 is 22.1 Å². The quantitative estimate of drug-likeness (QED) is 0.352. The van der Waals surface area contributed by atoms with Gasteiger partial charge in [0.15, 0.2) is 5.65 Å². The third kappa shape index (κ3) is 4.21. The van der Waals surface area contributed by atoms with Crippen molar-refractivity contribution in [3.05, 3.63) is 78.5 Å². The van der Waals surface area contributed by atoms with E-state index in [-0.39, 0.29) is 6.61 Å². The second-order valence-electron chi connectivity index (χ2n) is 9.14. The largest absolute Gasteiger partial charge is 0.472 e. The van der Waals surface area contributed by atoms with E-state index in [0.717, 1.165) is 27.7 Å². The minimum Gasteiger partial charge on any atom is -0.472 e. The van der Waals surface area contributed by atoms with E-state index in [1.807, 2.05) is 47.4 Å². The molecule has 0 bridgehead atoms. The first-order chi connectivity index (χ1) is 17.8. The van der Waals surface area contributed by atoms with E-state index < -0.39 is 0 Å². The van der Waals surface area contributed by atoms with Gasteiger partial charge in [0.05, 0.1) is 28.3 Å². The molecule has 3 aromatic heterocycles. The van der Waals surface area contributed by atoms with Crippen molar-refractivity contribution in [2.45, 2.75) is 44.8 Å². The van der Waals surface area contributed by atoms with Crippen LogP contribution in [0.1, 0.15) is 49.3 Å². The molecule has 3 heterocycles. The van der Waals surface area contributed by atoms with Gasteiger partial charge in [-0.2, -0.15) is 0 Å². The van der Waals surface area contributed by atoms with Crippen molar-refractivity contribution in [2.75, 3.05) is 6.61 Å². The monoisotopic (exact) mass is 477 g/mol. The Morgan fingerprint density at radius 2 is 1.86 bits per heavy atom. The van der Waals surface area contributed by atoms with Gasteiger partial charge in [0.2, 0.25) is 5.88 Å². The van der Waals surface area contributed by atoms with E-state index in [4.69, 9.17) is 9.72 Å². The van der Waals surface area contributed by atoms with Gasteiger partial charge in [-0.15, -0.1) is 0 Å². The highest BCUT2D eigenvalue weighted by Gasteiger charge is 2.19. The number of aliphatic hydroxyl groups excluding tert-OH is 1. The predicted molar refractivity (Wildman–Crippen MR) is 139 cm³/mol. The lowest BCUT2D eigenvalue weighted by atomic mass is 9.95. The smallest absolute Gasteiger partial charge is 0.227 e. The Balaban J connectivity index is 1.41. The lowest BCUT2D eigenvalue weighted by Gasteiger charge is -2.23. The lowest BCUT2D eigenvalue weighted by Crippen LogP contribution is -2.11. The normalized spacial score (nSPS) is 14.1. The van der Waals surface area contributed by atoms with E-state index in [9.17, 15) is 5.11 Å². The van der Waals surface area contributed by atoms with Crippen LogP contribution in [0.5, 0.6) is 5.88 Å². The Morgan fingerprint density at radius 1 is 1.00 bits per heavy atom. The summed E-state index contributed by atoms with van der Waals surface area (Å²) in [5, 5.41) is 10.0. The van der Waals surface area contributed by atoms with Crippen molar-refractivity contribution in [3.8, 4) is 23.4 Å². The summed E-state index contributed by atoms with van der Waals surface area (Å²) in [5.41, 5.74) is 5.50. The number of nitrogens with zero attached hydrogens (tertiary/aromatic N) is 5. The van der Waals surface area contributed by atoms with Gasteiger partial charge < -0.3 is 14.4 Å². The SMILES string of the molecule is OCC#Cc1cn(-c2ccc3c(c2)ncn3C2CCCCC2)c2ncnc(OCc3ccccc3)c12. The van der Waals surface area contributed by atoms with E-state index in [1.54, 1.807) is 0 Å². The molecule has 0 aliphatic heterocycles. The maximum atomic E-state index is 9.32. The molecule has 7 heteroatoms. The van der Waals surface area contributed by atoms with E-state index >= 15 is 0 Å². The Hall–Kier alpha value is -4.15. The van der Waals surface area contributed by atoms with Gasteiger partial charge >= 0.3 is 0 Å². The first-order valence-corrected chi connectivity index (χ1v) is 12.4. The maximum absolute atomic E-state index is 9.32. The fourth-order valence-electron chi connectivity index (χ4n) is 5.12. The summed E-state index contributed by atoms with van der Waals surface area (Å²) >= 11 is 0. The van der Waals surface area contributed by atoms with Gasteiger partial charge in [-0.3, -0.25) is 4.57 Å². The third-order valence-corrected chi connectivity index (χ3v) is 6.87. The zero-order valence-electron chi connectivity index (χ0n) is 20.0. The predicted octanol–water partition coefficient (Wildman–Crippen LogP) is 5.20. The maximum Gasteiger partial charge on any atom is 0.227 e. The molecule has 2 aromatic carbocycles. The molecule has 180 valence electrons. The number of aromatic nitrogens is 5. The zero-order valence-corrected chi connectivity index (χ0v) is 20.0. The van der Waals surface area contributed by atoms with Crippen molar-refractivity contribution in [1.82, 2.24) is 24.1 Å². The number of ether oxygens (including phenoxy) is 1. The second kappa shape index (κ2) is 9.84. The molecule has 0 amide bonds. The number of hydrogen-bond acceptors (Lipinski definition) is 5. The van der Waals surface area contributed by atoms with Gasteiger partial charge in [0, 0.05) is 17.9 Å². The van der Waals surface area contributed by atoms with E-state index in [0.29, 0.717) is 29.7 Å². The summed E-state index contributed by atoms with van der Waals surface area (Å²) in [5.74, 6) is 6.27. The molecule has 0 atom stereocenters. The number of aliphatic hydroxyl groups is 1. The molecule has 0 saturated heterocycles. The number of fused-ring (bicyclic) bond motifs is 2. The molecule has 0 unspecified atom stereocenters. The molecule has 1 fully saturated rings. The van der Waals surface area contributed by atoms with Crippen LogP contribution in [0.25, 0.3) is 27.8 Å². The van der Waals surface area contributed by atoms with Gasteiger partial charge in [-0.05, 0) is 36.6 Å². The Kier molecular flexibility index (Phi) is 6.10. The average molecular weight is 478 g/mol. The van der Waals surface area contributed by atoms with E-state index in [2.05, 4.69) is 44.6 Å². The number of rotatable bonds is 5. The molecular weight excluding hydrogens is 450 g/mol. The van der Waals surface area contributed by atoms with Crippen LogP contribution in [0.3, 0.4) is 0 Å². The molecule has 7 nitrogen and oxygen atoms in total. The summed E-state index contributed by atoms with van der Waals surface area (Å²) in [6.07, 6.45) is 11.7. The molecular formula is C29H27N5O2. The highest BCUT2D eigenvalue weighted by molar-refractivity contribution is 5.90. The molecule has 6 rings (SSSR count). The summed E-state index contributed by atoms with van der Waals surface area (Å²) < 4.78 is 10.4. The van der Waals surface area contributed by atoms with Crippen LogP contribution in [0, 0.1) is 11.8 Å². The standard InChI is InChI=1S/C29H27N5O2/c35-15-7-10-22-17-33(28-27(22)29(31-19-30-28)36-18-21-8-3-1-4-9-21)24-13-14-26-25(16-24)32-20-34(26)23-11-5-2-6-12-23/h1,3-4,8-9,13-14,16-17,19-20,23,35H,2,5-6,11-12,15,18H2. The van der Waals surface area contributed by atoms with Crippen molar-refractivity contribution in [3.63, 3.8) is 0 Å². The molecule has 1 aliphatic carbocycles. The lowest BCUT2D eigenvalue weighted by molar-refractivity contribution is 0.297. The zero-order chi connectivity index (χ0) is 24.3. The molecule has 0 spiro atoms. The van der Waals surface area contributed by atoms with Gasteiger partial charge in [-0.25, -0.2) is 15.0 Å². The summed E-state index contributed by atoms with van der Waals surface area (Å²) in [7, 11) is 0. The first-order valence-electron chi connectivity index (χ1n) is 12.4. The summed E-state index contributed by atoms with van der Waals surface area (Å²) in [4.78, 5) is 13.7. The Labute approximate surface area is 209 Å². The minimum atomic E-state index is -0.231. The fraction of sp³-hybridized carbons (Fsp3) is 0.276. The Bertz CT molecular complexity index is 1570. The number of imidazole rings is 1. The van der Waals surface area contributed by atoms with E-state index in [1.165, 1.54) is 38.4 Å². The highest BCUT2D eigenvalue weighted by Crippen LogP contribution is 2.33. The fourth-order valence-corrected chi connectivity index (χ4v) is 5.12. The molecule has 1 saturated carbocycles. The van der Waals surface area contributed by atoms with Crippen LogP contribution in [-0.2, 0) is 6.61 Å². The van der Waals surface area contributed by atoms with Crippen LogP contribution in [0.2, 0.25) is 0 Å². The van der Waals surface area contributed by atoms with Crippen molar-refractivity contribution in [1.29, 1.82) is 0 Å². The molecule has 1 aliphatic rings. The molecule has 0 radical (unpaired) electrons. The van der Waals surface area contributed by atoms with Crippen LogP contribution in [-0.4, -0.2) is 35.8 Å². The average Bonchev–Trinajstić information content (AvgIpc) is 3.53. The number of hydrogen-bond donors (Lipinski definition) is 1. The van der Waals surface area contributed by atoms with Gasteiger partial charge in [0.1, 0.15) is 19.5 Å². The van der Waals surface area contributed by atoms with Crippen molar-refractivity contribution in [2.24, 2.45) is 0 Å². The third-order valence-electron chi connectivity index (χ3n) is 6.87. The second-order valence-corrected chi connectivity index (χ2v) is 9.14. The van der Waals surface area contributed by atoms with Crippen LogP contribution >= 0.6 is 0 Å². The molecule has 1 N–H and O–H groups in total. The summed E-state index contributed by atoms with van der Waals surface area (Å²) in [6, 6.07) is 16.8. The van der Waals surface area contributed by atoms with Crippen LogP contribution < -0.4 is 4.74 Å². The first kappa shape index (κ1) is 22.3. The van der Waals surface area contributed by atoms with Gasteiger partial charge in [-0.1, -0.05) is 61.4 Å². The minimum absolute atomic E-state index is 0.231. The van der Waals surface area contributed by atoms with Gasteiger partial charge in [0.25, 0.3) is 0 Å². The van der Waals surface area contributed by atoms with Crippen LogP contribution in [0.15, 0.2) is 67.4 Å². The topological polar surface area (TPSA) is 78.0 Å². The van der Waals surface area contributed by atoms with Crippen molar-refractivity contribution < 1.29 is 9.84 Å². The Morgan fingerprint density at radius 3 is 2.69 bits per heavy atom. The highest BCUT2D eigenvalue weighted by atomic mass is 16.5. The summed E-state index contributed by atoms with van der Waals surface area (Å²) in [6.45, 7) is 0.153. The number of benzene rings is 2. The molecule has 36 heavy (non-hydrogen) atoms. The molecule has 5 aromatic rings. The van der Waals surface area contributed by atoms with Crippen LogP contribution in [0.4, 0.5) is 0 Å².